The fourth-order valence-electron chi connectivity index (χ4n) is 4.13. The third-order valence-electron chi connectivity index (χ3n) is 6.30. The predicted molar refractivity (Wildman–Crippen MR) is 113 cm³/mol. The van der Waals surface area contributed by atoms with Gasteiger partial charge in [-0.3, -0.25) is 9.59 Å². The van der Waals surface area contributed by atoms with Crippen molar-refractivity contribution >= 4 is 11.8 Å². The lowest BCUT2D eigenvalue weighted by molar-refractivity contribution is -0.143. The molecule has 1 aromatic rings. The van der Waals surface area contributed by atoms with Crippen LogP contribution >= 0.6 is 0 Å². The van der Waals surface area contributed by atoms with E-state index in [0.717, 1.165) is 38.5 Å². The van der Waals surface area contributed by atoms with Gasteiger partial charge in [-0.2, -0.15) is 26.3 Å². The van der Waals surface area contributed by atoms with Crippen molar-refractivity contribution in [2.75, 3.05) is 19.6 Å². The second kappa shape index (κ2) is 11.0. The zero-order chi connectivity index (χ0) is 24.9. The van der Waals surface area contributed by atoms with Crippen LogP contribution in [0.2, 0.25) is 0 Å². The molecule has 34 heavy (non-hydrogen) atoms. The summed E-state index contributed by atoms with van der Waals surface area (Å²) < 4.78 is 77.9. The van der Waals surface area contributed by atoms with E-state index in [4.69, 9.17) is 0 Å². The highest BCUT2D eigenvalue weighted by atomic mass is 19.4. The Kier molecular flexibility index (Phi) is 8.48. The smallest absolute Gasteiger partial charge is 0.355 e. The highest BCUT2D eigenvalue weighted by Crippen LogP contribution is 2.36. The summed E-state index contributed by atoms with van der Waals surface area (Å²) in [7, 11) is 0. The van der Waals surface area contributed by atoms with Crippen molar-refractivity contribution in [3.8, 4) is 0 Å². The average molecular weight is 493 g/mol. The van der Waals surface area contributed by atoms with Crippen molar-refractivity contribution in [2.24, 2.45) is 11.8 Å². The van der Waals surface area contributed by atoms with Gasteiger partial charge in [-0.15, -0.1) is 0 Å². The molecule has 0 atom stereocenters. The highest BCUT2D eigenvalue weighted by molar-refractivity contribution is 5.94. The van der Waals surface area contributed by atoms with Crippen LogP contribution in [0.4, 0.5) is 26.3 Å². The maximum absolute atomic E-state index is 13.0. The van der Waals surface area contributed by atoms with Crippen molar-refractivity contribution in [3.63, 3.8) is 0 Å². The first-order valence-electron chi connectivity index (χ1n) is 11.5. The lowest BCUT2D eigenvalue weighted by atomic mass is 9.86. The molecule has 2 aliphatic carbocycles. The van der Waals surface area contributed by atoms with Crippen LogP contribution < -0.4 is 16.0 Å². The fraction of sp³-hybridized carbons (Fsp3) is 0.652. The molecule has 1 aromatic carbocycles. The molecule has 0 spiro atoms. The summed E-state index contributed by atoms with van der Waals surface area (Å²) in [6.07, 6.45) is -3.95. The molecule has 0 radical (unpaired) electrons. The number of nitrogens with one attached hydrogen (secondary N) is 3. The molecule has 0 unspecified atom stereocenters. The van der Waals surface area contributed by atoms with E-state index in [1.807, 2.05) is 0 Å². The Balaban J connectivity index is 1.41. The Morgan fingerprint density at radius 2 is 1.32 bits per heavy atom. The van der Waals surface area contributed by atoms with Crippen LogP contribution in [0.25, 0.3) is 0 Å². The van der Waals surface area contributed by atoms with Crippen LogP contribution in [-0.2, 0) is 17.1 Å². The van der Waals surface area contributed by atoms with Gasteiger partial charge in [-0.1, -0.05) is 0 Å². The van der Waals surface area contributed by atoms with Gasteiger partial charge >= 0.3 is 12.4 Å². The van der Waals surface area contributed by atoms with Crippen LogP contribution in [0, 0.1) is 11.8 Å². The van der Waals surface area contributed by atoms with Crippen LogP contribution in [0.3, 0.4) is 0 Å². The summed E-state index contributed by atoms with van der Waals surface area (Å²) in [4.78, 5) is 24.0. The van der Waals surface area contributed by atoms with E-state index in [9.17, 15) is 35.9 Å². The molecule has 0 aromatic heterocycles. The van der Waals surface area contributed by atoms with Gasteiger partial charge in [0.2, 0.25) is 5.91 Å². The van der Waals surface area contributed by atoms with Crippen molar-refractivity contribution in [2.45, 2.75) is 63.3 Å². The molecule has 3 rings (SSSR count). The van der Waals surface area contributed by atoms with Gasteiger partial charge in [0, 0.05) is 37.7 Å². The first-order valence-corrected chi connectivity index (χ1v) is 11.5. The molecule has 190 valence electrons. The van der Waals surface area contributed by atoms with Gasteiger partial charge < -0.3 is 16.0 Å². The summed E-state index contributed by atoms with van der Waals surface area (Å²) >= 11 is 0. The normalized spacial score (nSPS) is 21.2. The lowest BCUT2D eigenvalue weighted by Crippen LogP contribution is -2.40. The Bertz CT molecular complexity index is 827. The maximum atomic E-state index is 13.0. The molecular weight excluding hydrogens is 464 g/mol. The number of hydrogen-bond donors (Lipinski definition) is 3. The minimum absolute atomic E-state index is 0.00357. The molecule has 2 amide bonds. The summed E-state index contributed by atoms with van der Waals surface area (Å²) in [6.45, 7) is 1.39. The maximum Gasteiger partial charge on any atom is 0.416 e. The van der Waals surface area contributed by atoms with Crippen molar-refractivity contribution in [3.05, 3.63) is 34.9 Å². The molecule has 0 saturated heterocycles. The molecule has 2 saturated carbocycles. The Morgan fingerprint density at radius 3 is 1.85 bits per heavy atom. The number of carbonyl (C=O) groups is 2. The second-order valence-corrected chi connectivity index (χ2v) is 9.17. The van der Waals surface area contributed by atoms with Crippen LogP contribution in [0.1, 0.15) is 66.4 Å². The number of halogens is 6. The first kappa shape index (κ1) is 26.3. The van der Waals surface area contributed by atoms with Crippen LogP contribution in [0.15, 0.2) is 18.2 Å². The molecule has 11 heteroatoms. The second-order valence-electron chi connectivity index (χ2n) is 9.17. The number of benzene rings is 1. The van der Waals surface area contributed by atoms with E-state index >= 15 is 0 Å². The van der Waals surface area contributed by atoms with Gasteiger partial charge in [-0.05, 0) is 68.6 Å². The fourth-order valence-corrected chi connectivity index (χ4v) is 4.13. The van der Waals surface area contributed by atoms with Gasteiger partial charge in [0.05, 0.1) is 11.1 Å². The topological polar surface area (TPSA) is 70.2 Å². The molecule has 3 N–H and O–H groups in total. The minimum atomic E-state index is -5.00. The Morgan fingerprint density at radius 1 is 0.765 bits per heavy atom. The molecule has 0 aliphatic heterocycles. The number of hydrogen-bond acceptors (Lipinski definition) is 3. The number of amides is 2. The Hall–Kier alpha value is -2.30. The van der Waals surface area contributed by atoms with E-state index in [2.05, 4.69) is 16.0 Å². The molecular formula is C23H29F6N3O2. The van der Waals surface area contributed by atoms with E-state index in [-0.39, 0.29) is 30.5 Å². The third-order valence-corrected chi connectivity index (χ3v) is 6.30. The van der Waals surface area contributed by atoms with E-state index in [1.165, 1.54) is 0 Å². The predicted octanol–water partition coefficient (Wildman–Crippen LogP) is 4.52. The van der Waals surface area contributed by atoms with Crippen LogP contribution in [-0.4, -0.2) is 37.5 Å². The monoisotopic (exact) mass is 493 g/mol. The quantitative estimate of drug-likeness (QED) is 0.350. The summed E-state index contributed by atoms with van der Waals surface area (Å²) in [5.74, 6) is -0.247. The minimum Gasteiger partial charge on any atom is -0.355 e. The highest BCUT2D eigenvalue weighted by Gasteiger charge is 2.37. The van der Waals surface area contributed by atoms with E-state index in [0.29, 0.717) is 37.6 Å². The Labute approximate surface area is 194 Å². The van der Waals surface area contributed by atoms with Gasteiger partial charge in [-0.25, -0.2) is 0 Å². The molecule has 2 aliphatic rings. The summed E-state index contributed by atoms with van der Waals surface area (Å²) in [6, 6.07) is 1.15. The van der Waals surface area contributed by atoms with E-state index < -0.39 is 35.0 Å². The number of carbonyl (C=O) groups excluding carboxylic acids is 2. The first-order chi connectivity index (χ1) is 15.9. The standard InChI is InChI=1S/C23H29F6N3O2/c24-22(25,26)17-10-16(11-18(12-17)23(27,28)29)21(34)32-13-15-3-5-19(6-4-15)30-7-8-31-20(33)9-14-1-2-14/h10-12,14-15,19,30H,1-9,13H2,(H,31,33)(H,32,34). The van der Waals surface area contributed by atoms with E-state index in [1.54, 1.807) is 0 Å². The third kappa shape index (κ3) is 8.18. The largest absolute Gasteiger partial charge is 0.416 e. The number of alkyl halides is 6. The molecule has 2 fully saturated rings. The summed E-state index contributed by atoms with van der Waals surface area (Å²) in [5.41, 5.74) is -3.69. The zero-order valence-electron chi connectivity index (χ0n) is 18.6. The lowest BCUT2D eigenvalue weighted by Gasteiger charge is -2.29. The molecule has 5 nitrogen and oxygen atoms in total. The number of rotatable bonds is 9. The van der Waals surface area contributed by atoms with Gasteiger partial charge in [0.1, 0.15) is 0 Å². The van der Waals surface area contributed by atoms with Gasteiger partial charge in [0.25, 0.3) is 5.91 Å². The average Bonchev–Trinajstić information content (AvgIpc) is 3.58. The molecule has 0 heterocycles. The summed E-state index contributed by atoms with van der Waals surface area (Å²) in [5, 5.41) is 8.75. The van der Waals surface area contributed by atoms with Crippen molar-refractivity contribution in [1.29, 1.82) is 0 Å². The van der Waals surface area contributed by atoms with Crippen molar-refractivity contribution < 1.29 is 35.9 Å². The van der Waals surface area contributed by atoms with Crippen molar-refractivity contribution in [1.82, 2.24) is 16.0 Å². The van der Waals surface area contributed by atoms with Crippen LogP contribution in [0.5, 0.6) is 0 Å². The zero-order valence-corrected chi connectivity index (χ0v) is 18.6. The SMILES string of the molecule is O=C(CC1CC1)NCCNC1CCC(CNC(=O)c2cc(C(F)(F)F)cc(C(F)(F)F)c2)CC1. The molecule has 0 bridgehead atoms. The van der Waals surface area contributed by atoms with Gasteiger partial charge in [0.15, 0.2) is 0 Å².